The Labute approximate surface area is 91.0 Å². The molecule has 4 nitrogen and oxygen atoms in total. The highest BCUT2D eigenvalue weighted by molar-refractivity contribution is 8.61. The predicted octanol–water partition coefficient (Wildman–Crippen LogP) is 1.89. The lowest BCUT2D eigenvalue weighted by atomic mass is 10.0. The number of hydrogen-bond donors (Lipinski definition) is 0. The van der Waals surface area contributed by atoms with Crippen molar-refractivity contribution in [3.8, 4) is 0 Å². The molecule has 6 atom stereocenters. The molecule has 0 amide bonds. The van der Waals surface area contributed by atoms with Crippen LogP contribution in [0.25, 0.3) is 0 Å². The summed E-state index contributed by atoms with van der Waals surface area (Å²) >= 11 is 0. The van der Waals surface area contributed by atoms with Crippen molar-refractivity contribution in [3.63, 3.8) is 0 Å². The van der Waals surface area contributed by atoms with Crippen molar-refractivity contribution in [2.75, 3.05) is 0 Å². The molecule has 4 unspecified atom stereocenters. The molecule has 8 heteroatoms. The highest BCUT2D eigenvalue weighted by Gasteiger charge is 2.30. The van der Waals surface area contributed by atoms with Gasteiger partial charge in [0.1, 0.15) is 0 Å². The van der Waals surface area contributed by atoms with Crippen molar-refractivity contribution in [1.82, 2.24) is 20.2 Å². The Bertz CT molecular complexity index is 317. The summed E-state index contributed by atoms with van der Waals surface area (Å²) < 4.78 is 1.97. The first-order chi connectivity index (χ1) is 6.72. The van der Waals surface area contributed by atoms with E-state index in [1.807, 2.05) is 4.68 Å². The van der Waals surface area contributed by atoms with Crippen molar-refractivity contribution in [2.45, 2.75) is 25.5 Å². The fraction of sp³-hybridized carbons (Fsp3) is 0.833. The highest BCUT2D eigenvalue weighted by Crippen LogP contribution is 2.70. The van der Waals surface area contributed by atoms with Crippen molar-refractivity contribution < 1.29 is 0 Å². The first kappa shape index (κ1) is 11.3. The molecule has 0 N–H and O–H groups in total. The Kier molecular flexibility index (Phi) is 3.83. The van der Waals surface area contributed by atoms with Crippen LogP contribution in [0.2, 0.25) is 0 Å². The third-order valence-electron chi connectivity index (χ3n) is 2.63. The van der Waals surface area contributed by atoms with Gasteiger partial charge in [-0.25, -0.2) is 4.68 Å². The molecule has 78 valence electrons. The topological polar surface area (TPSA) is 43.6 Å². The van der Waals surface area contributed by atoms with Gasteiger partial charge in [-0.05, 0) is 16.3 Å². The van der Waals surface area contributed by atoms with E-state index < -0.39 is 0 Å². The molecular weight excluding hydrogens is 252 g/mol. The van der Waals surface area contributed by atoms with Crippen molar-refractivity contribution in [2.24, 2.45) is 5.92 Å². The fourth-order valence-corrected chi connectivity index (χ4v) is 7.40. The molecule has 1 aromatic heterocycles. The molecule has 0 aromatic carbocycles. The average Bonchev–Trinajstić information content (AvgIpc) is 2.62. The van der Waals surface area contributed by atoms with Gasteiger partial charge in [-0.15, -0.1) is 23.0 Å². The molecule has 1 aliphatic rings. The van der Waals surface area contributed by atoms with E-state index in [-0.39, 0.29) is 7.30 Å². The van der Waals surface area contributed by atoms with Gasteiger partial charge in [0.05, 0.1) is 6.54 Å². The smallest absolute Gasteiger partial charge is 0.151 e. The molecule has 0 spiro atoms. The zero-order valence-electron chi connectivity index (χ0n) is 7.96. The number of fused-ring (bicyclic) bond motifs is 1. The van der Waals surface area contributed by atoms with Crippen molar-refractivity contribution in [3.05, 3.63) is 5.82 Å². The average molecular weight is 266 g/mol. The molecule has 1 aromatic rings. The van der Waals surface area contributed by atoms with Crippen LogP contribution >= 0.6 is 33.1 Å². The molecule has 2 heterocycles. The quantitative estimate of drug-likeness (QED) is 0.768. The minimum atomic E-state index is 0.0496. The number of nitrogens with zero attached hydrogens (tertiary/aromatic N) is 4. The van der Waals surface area contributed by atoms with Gasteiger partial charge < -0.3 is 0 Å². The van der Waals surface area contributed by atoms with E-state index in [1.165, 1.54) is 0 Å². The molecule has 0 bridgehead atoms. The zero-order chi connectivity index (χ0) is 10.1. The van der Waals surface area contributed by atoms with Crippen LogP contribution in [0.1, 0.15) is 12.7 Å². The second-order valence-corrected chi connectivity index (χ2v) is 13.2. The second kappa shape index (κ2) is 4.75. The molecule has 14 heavy (non-hydrogen) atoms. The number of rotatable bonds is 2. The van der Waals surface area contributed by atoms with Crippen LogP contribution in [0.4, 0.5) is 0 Å². The van der Waals surface area contributed by atoms with Crippen LogP contribution in [0, 0.1) is 5.92 Å². The lowest BCUT2D eigenvalue weighted by molar-refractivity contribution is 0.395. The fourth-order valence-electron chi connectivity index (χ4n) is 1.75. The summed E-state index contributed by atoms with van der Waals surface area (Å²) in [4.78, 5) is 0. The summed E-state index contributed by atoms with van der Waals surface area (Å²) in [6, 6.07) is 0. The number of tetrazole rings is 1. The SMILES string of the molecule is C[C@H]1Cc2nnnn2C[C@@H]1P(P)PP. The van der Waals surface area contributed by atoms with Crippen LogP contribution in [-0.4, -0.2) is 25.9 Å². The van der Waals surface area contributed by atoms with Crippen LogP contribution in [-0.2, 0) is 13.0 Å². The van der Waals surface area contributed by atoms with E-state index in [2.05, 4.69) is 40.3 Å². The summed E-state index contributed by atoms with van der Waals surface area (Å²) in [5.74, 6) is 1.76. The van der Waals surface area contributed by atoms with Gasteiger partial charge in [-0.2, -0.15) is 0 Å². The minimum Gasteiger partial charge on any atom is -0.229 e. The van der Waals surface area contributed by atoms with Gasteiger partial charge in [0, 0.05) is 12.1 Å². The third-order valence-corrected chi connectivity index (χ3v) is 14.1. The maximum Gasteiger partial charge on any atom is 0.151 e. The summed E-state index contributed by atoms with van der Waals surface area (Å²) in [5, 5.41) is 11.8. The Morgan fingerprint density at radius 1 is 1.64 bits per heavy atom. The molecular formula is C6H14N4P4. The van der Waals surface area contributed by atoms with E-state index in [4.69, 9.17) is 0 Å². The van der Waals surface area contributed by atoms with Crippen molar-refractivity contribution in [1.29, 1.82) is 0 Å². The van der Waals surface area contributed by atoms with Crippen LogP contribution < -0.4 is 0 Å². The van der Waals surface area contributed by atoms with Gasteiger partial charge in [0.25, 0.3) is 0 Å². The summed E-state index contributed by atoms with van der Waals surface area (Å²) in [6.45, 7) is 3.31. The van der Waals surface area contributed by atoms with Crippen LogP contribution in [0.5, 0.6) is 0 Å². The monoisotopic (exact) mass is 266 g/mol. The molecule has 0 saturated carbocycles. The van der Waals surface area contributed by atoms with Crippen LogP contribution in [0.15, 0.2) is 0 Å². The highest BCUT2D eigenvalue weighted by atomic mass is 32.6. The lowest BCUT2D eigenvalue weighted by Gasteiger charge is -2.32. The van der Waals surface area contributed by atoms with Crippen molar-refractivity contribution >= 4 is 33.1 Å². The first-order valence-electron chi connectivity index (χ1n) is 4.47. The molecule has 0 saturated heterocycles. The zero-order valence-corrected chi connectivity index (χ0v) is 12.2. The Morgan fingerprint density at radius 3 is 3.14 bits per heavy atom. The molecule has 1 aliphatic heterocycles. The van der Waals surface area contributed by atoms with Gasteiger partial charge >= 0.3 is 0 Å². The Hall–Kier alpha value is 0.790. The molecule has 0 fully saturated rings. The Balaban J connectivity index is 2.17. The standard InChI is InChI=1S/C6H14N4P4/c1-4-2-6-7-8-9-10(6)3-5(4)14(12)13-11/h4-5,13H,2-3,11-12H2,1H3/t4-,5-,14?/m0/s1. The largest absolute Gasteiger partial charge is 0.229 e. The van der Waals surface area contributed by atoms with E-state index in [0.717, 1.165) is 32.4 Å². The normalized spacial score (nSPS) is 29.4. The van der Waals surface area contributed by atoms with Gasteiger partial charge in [0.15, 0.2) is 5.82 Å². The number of hydrogen-bond acceptors (Lipinski definition) is 3. The van der Waals surface area contributed by atoms with Gasteiger partial charge in [-0.3, -0.25) is 0 Å². The maximum atomic E-state index is 4.03. The Morgan fingerprint density at radius 2 is 2.43 bits per heavy atom. The van der Waals surface area contributed by atoms with E-state index in [1.54, 1.807) is 0 Å². The van der Waals surface area contributed by atoms with Gasteiger partial charge in [-0.1, -0.05) is 22.2 Å². The summed E-state index contributed by atoms with van der Waals surface area (Å²) in [6.07, 6.45) is 1.03. The maximum absolute atomic E-state index is 4.03. The molecule has 0 radical (unpaired) electrons. The third kappa shape index (κ3) is 2.14. The minimum absolute atomic E-state index is 0.0496. The first-order valence-corrected chi connectivity index (χ1v) is 11.2. The van der Waals surface area contributed by atoms with E-state index >= 15 is 0 Å². The summed E-state index contributed by atoms with van der Waals surface area (Å²) in [7, 11) is 6.88. The molecule has 2 rings (SSSR count). The molecule has 0 aliphatic carbocycles. The summed E-state index contributed by atoms with van der Waals surface area (Å²) in [5.41, 5.74) is 0.752. The van der Waals surface area contributed by atoms with E-state index in [0.29, 0.717) is 5.92 Å². The predicted molar refractivity (Wildman–Crippen MR) is 69.1 cm³/mol. The number of aromatic nitrogens is 4. The van der Waals surface area contributed by atoms with E-state index in [9.17, 15) is 0 Å². The van der Waals surface area contributed by atoms with Crippen LogP contribution in [0.3, 0.4) is 0 Å². The lowest BCUT2D eigenvalue weighted by Crippen LogP contribution is -2.30. The second-order valence-electron chi connectivity index (χ2n) is 3.56. The van der Waals surface area contributed by atoms with Gasteiger partial charge in [0.2, 0.25) is 0 Å².